The van der Waals surface area contributed by atoms with Gasteiger partial charge in [-0.2, -0.15) is 4.98 Å². The molecule has 156 valence electrons. The van der Waals surface area contributed by atoms with Gasteiger partial charge in [0.1, 0.15) is 11.2 Å². The summed E-state index contributed by atoms with van der Waals surface area (Å²) in [5.41, 5.74) is 4.63. The van der Waals surface area contributed by atoms with Gasteiger partial charge < -0.3 is 10.6 Å². The van der Waals surface area contributed by atoms with Crippen molar-refractivity contribution in [2.45, 2.75) is 31.8 Å². The van der Waals surface area contributed by atoms with Crippen molar-refractivity contribution < 1.29 is 4.39 Å². The molecule has 7 nitrogen and oxygen atoms in total. The third-order valence-corrected chi connectivity index (χ3v) is 5.94. The molecular weight excluding hydrogens is 395 g/mol. The molecule has 2 aromatic carbocycles. The minimum atomic E-state index is -0.319. The van der Waals surface area contributed by atoms with E-state index in [9.17, 15) is 9.18 Å². The summed E-state index contributed by atoms with van der Waals surface area (Å²) in [6.45, 7) is 1.86. The number of fused-ring (bicyclic) bond motifs is 2. The highest BCUT2D eigenvalue weighted by Gasteiger charge is 2.30. The zero-order valence-corrected chi connectivity index (χ0v) is 16.8. The summed E-state index contributed by atoms with van der Waals surface area (Å²) < 4.78 is 17.0. The van der Waals surface area contributed by atoms with Gasteiger partial charge in [-0.25, -0.2) is 18.7 Å². The highest BCUT2D eigenvalue weighted by atomic mass is 19.1. The molecule has 0 saturated heterocycles. The standard InChI is InChI=1S/C23H21FN6O/c24-16-2-5-18(6-3-16)29-21-20(22(31)30(29)19-7-8-19)13-26-23(28-21)27-17-4-1-15-12-25-10-9-14(15)11-17/h1-6,11,13,19,25H,7-10,12H2,(H,26,27,28). The first-order valence-corrected chi connectivity index (χ1v) is 10.5. The van der Waals surface area contributed by atoms with Crippen LogP contribution in [-0.4, -0.2) is 25.9 Å². The molecule has 6 rings (SSSR count). The number of nitrogens with zero attached hydrogens (tertiary/aromatic N) is 4. The van der Waals surface area contributed by atoms with E-state index in [0.29, 0.717) is 22.7 Å². The van der Waals surface area contributed by atoms with Crippen LogP contribution in [0.25, 0.3) is 16.7 Å². The van der Waals surface area contributed by atoms with E-state index in [1.54, 1.807) is 27.7 Å². The van der Waals surface area contributed by atoms with E-state index >= 15 is 0 Å². The molecular formula is C23H21FN6O. The molecule has 0 atom stereocenters. The van der Waals surface area contributed by atoms with Crippen LogP contribution in [0, 0.1) is 5.82 Å². The first-order valence-electron chi connectivity index (χ1n) is 10.5. The average molecular weight is 416 g/mol. The fourth-order valence-electron chi connectivity index (χ4n) is 4.22. The summed E-state index contributed by atoms with van der Waals surface area (Å²) in [7, 11) is 0. The van der Waals surface area contributed by atoms with Crippen molar-refractivity contribution in [1.29, 1.82) is 0 Å². The highest BCUT2D eigenvalue weighted by molar-refractivity contribution is 5.77. The molecule has 3 heterocycles. The fraction of sp³-hybridized carbons (Fsp3) is 0.261. The Morgan fingerprint density at radius 3 is 2.74 bits per heavy atom. The second-order valence-electron chi connectivity index (χ2n) is 8.14. The van der Waals surface area contributed by atoms with Crippen LogP contribution in [0.4, 0.5) is 16.0 Å². The van der Waals surface area contributed by atoms with Crippen LogP contribution in [0.2, 0.25) is 0 Å². The number of anilines is 2. The molecule has 31 heavy (non-hydrogen) atoms. The molecule has 4 aromatic rings. The molecule has 1 aliphatic carbocycles. The second kappa shape index (κ2) is 7.02. The molecule has 2 aliphatic rings. The molecule has 0 unspecified atom stereocenters. The third kappa shape index (κ3) is 3.19. The minimum absolute atomic E-state index is 0.116. The maximum Gasteiger partial charge on any atom is 0.278 e. The smallest absolute Gasteiger partial charge is 0.278 e. The number of hydrogen-bond acceptors (Lipinski definition) is 5. The van der Waals surface area contributed by atoms with Crippen molar-refractivity contribution in [3.8, 4) is 5.69 Å². The van der Waals surface area contributed by atoms with Crippen LogP contribution < -0.4 is 16.2 Å². The monoisotopic (exact) mass is 416 g/mol. The zero-order chi connectivity index (χ0) is 20.9. The molecule has 0 spiro atoms. The van der Waals surface area contributed by atoms with Crippen molar-refractivity contribution in [3.05, 3.63) is 76.0 Å². The van der Waals surface area contributed by atoms with Crippen molar-refractivity contribution >= 4 is 22.7 Å². The average Bonchev–Trinajstić information content (AvgIpc) is 3.59. The van der Waals surface area contributed by atoms with E-state index < -0.39 is 0 Å². The third-order valence-electron chi connectivity index (χ3n) is 5.94. The molecule has 0 radical (unpaired) electrons. The minimum Gasteiger partial charge on any atom is -0.324 e. The maximum atomic E-state index is 13.5. The van der Waals surface area contributed by atoms with Crippen molar-refractivity contribution in [2.24, 2.45) is 0 Å². The van der Waals surface area contributed by atoms with Crippen LogP contribution >= 0.6 is 0 Å². The summed E-state index contributed by atoms with van der Waals surface area (Å²) in [5.74, 6) is 0.102. The first kappa shape index (κ1) is 18.3. The fourth-order valence-corrected chi connectivity index (χ4v) is 4.22. The molecule has 0 amide bonds. The molecule has 2 aromatic heterocycles. The van der Waals surface area contributed by atoms with E-state index in [-0.39, 0.29) is 17.4 Å². The Hall–Kier alpha value is -3.52. The normalized spacial score (nSPS) is 15.8. The Labute approximate surface area is 177 Å². The Kier molecular flexibility index (Phi) is 4.14. The molecule has 1 aliphatic heterocycles. The summed E-state index contributed by atoms with van der Waals surface area (Å²) in [6, 6.07) is 12.5. The number of aromatic nitrogens is 4. The molecule has 0 bridgehead atoms. The van der Waals surface area contributed by atoms with Gasteiger partial charge in [0.2, 0.25) is 5.95 Å². The lowest BCUT2D eigenvalue weighted by Gasteiger charge is -2.18. The Morgan fingerprint density at radius 1 is 1.10 bits per heavy atom. The predicted octanol–water partition coefficient (Wildman–Crippen LogP) is 3.45. The van der Waals surface area contributed by atoms with Gasteiger partial charge in [-0.1, -0.05) is 6.07 Å². The van der Waals surface area contributed by atoms with Gasteiger partial charge in [0.15, 0.2) is 5.65 Å². The van der Waals surface area contributed by atoms with Gasteiger partial charge in [-0.05, 0) is 73.3 Å². The molecule has 1 saturated carbocycles. The van der Waals surface area contributed by atoms with E-state index in [2.05, 4.69) is 32.7 Å². The van der Waals surface area contributed by atoms with Crippen LogP contribution in [0.15, 0.2) is 53.5 Å². The van der Waals surface area contributed by atoms with Gasteiger partial charge in [0.25, 0.3) is 5.56 Å². The molecule has 8 heteroatoms. The number of nitrogens with one attached hydrogen (secondary N) is 2. The van der Waals surface area contributed by atoms with E-state index in [4.69, 9.17) is 0 Å². The van der Waals surface area contributed by atoms with Crippen molar-refractivity contribution in [1.82, 2.24) is 24.6 Å². The summed E-state index contributed by atoms with van der Waals surface area (Å²) in [5, 5.41) is 7.11. The summed E-state index contributed by atoms with van der Waals surface area (Å²) in [6.07, 6.45) is 4.45. The van der Waals surface area contributed by atoms with E-state index in [1.165, 1.54) is 23.3 Å². The first-order chi connectivity index (χ1) is 15.2. The van der Waals surface area contributed by atoms with Gasteiger partial charge in [-0.3, -0.25) is 4.79 Å². The van der Waals surface area contributed by atoms with Crippen LogP contribution in [0.1, 0.15) is 30.0 Å². The number of halogens is 1. The van der Waals surface area contributed by atoms with Gasteiger partial charge >= 0.3 is 0 Å². The zero-order valence-electron chi connectivity index (χ0n) is 16.8. The van der Waals surface area contributed by atoms with Crippen LogP contribution in [-0.2, 0) is 13.0 Å². The van der Waals surface area contributed by atoms with Gasteiger partial charge in [0, 0.05) is 18.4 Å². The largest absolute Gasteiger partial charge is 0.324 e. The Balaban J connectivity index is 1.45. The lowest BCUT2D eigenvalue weighted by Crippen LogP contribution is -2.23. The number of rotatable bonds is 4. The lowest BCUT2D eigenvalue weighted by molar-refractivity contribution is 0.558. The maximum absolute atomic E-state index is 13.5. The van der Waals surface area contributed by atoms with Crippen LogP contribution in [0.5, 0.6) is 0 Å². The number of hydrogen-bond donors (Lipinski definition) is 2. The quantitative estimate of drug-likeness (QED) is 0.533. The SMILES string of the molecule is O=c1c2cnc(Nc3ccc4c(c3)CCNC4)nc2n(-c2ccc(F)cc2)n1C1CC1. The van der Waals surface area contributed by atoms with Gasteiger partial charge in [0.05, 0.1) is 11.7 Å². The number of benzene rings is 2. The van der Waals surface area contributed by atoms with Gasteiger partial charge in [-0.15, -0.1) is 0 Å². The lowest BCUT2D eigenvalue weighted by atomic mass is 10.0. The Morgan fingerprint density at radius 2 is 1.94 bits per heavy atom. The molecule has 2 N–H and O–H groups in total. The summed E-state index contributed by atoms with van der Waals surface area (Å²) in [4.78, 5) is 22.1. The van der Waals surface area contributed by atoms with Crippen LogP contribution in [0.3, 0.4) is 0 Å². The van der Waals surface area contributed by atoms with E-state index in [1.807, 2.05) is 6.07 Å². The highest BCUT2D eigenvalue weighted by Crippen LogP contribution is 2.35. The van der Waals surface area contributed by atoms with Crippen molar-refractivity contribution in [2.75, 3.05) is 11.9 Å². The summed E-state index contributed by atoms with van der Waals surface area (Å²) >= 11 is 0. The Bertz CT molecular complexity index is 1350. The molecule has 1 fully saturated rings. The van der Waals surface area contributed by atoms with E-state index in [0.717, 1.165) is 38.0 Å². The predicted molar refractivity (Wildman–Crippen MR) is 116 cm³/mol. The van der Waals surface area contributed by atoms with Crippen molar-refractivity contribution in [3.63, 3.8) is 0 Å². The second-order valence-corrected chi connectivity index (χ2v) is 8.14. The topological polar surface area (TPSA) is 76.8 Å².